The van der Waals surface area contributed by atoms with Crippen molar-refractivity contribution in [2.75, 3.05) is 17.6 Å². The van der Waals surface area contributed by atoms with Crippen LogP contribution in [-0.4, -0.2) is 38.9 Å². The molecule has 162 valence electrons. The number of carbonyl (C=O) groups excluding carboxylic acids is 2. The number of benzene rings is 2. The van der Waals surface area contributed by atoms with Crippen molar-refractivity contribution in [2.45, 2.75) is 39.4 Å². The van der Waals surface area contributed by atoms with E-state index in [0.717, 1.165) is 22.5 Å². The van der Waals surface area contributed by atoms with Crippen molar-refractivity contribution in [1.29, 1.82) is 0 Å². The third kappa shape index (κ3) is 5.32. The Kier molecular flexibility index (Phi) is 7.46. The molecule has 2 N–H and O–H groups in total. The van der Waals surface area contributed by atoms with Crippen molar-refractivity contribution in [3.63, 3.8) is 0 Å². The molecule has 0 saturated carbocycles. The molecular formula is C23H27N5O2S. The fourth-order valence-electron chi connectivity index (χ4n) is 3.18. The van der Waals surface area contributed by atoms with E-state index in [1.165, 1.54) is 11.8 Å². The van der Waals surface area contributed by atoms with E-state index in [-0.39, 0.29) is 17.6 Å². The molecule has 0 unspecified atom stereocenters. The number of hydrogen-bond donors (Lipinski definition) is 2. The molecule has 2 aromatic carbocycles. The van der Waals surface area contributed by atoms with Crippen LogP contribution < -0.4 is 10.6 Å². The van der Waals surface area contributed by atoms with Crippen molar-refractivity contribution in [3.05, 3.63) is 59.2 Å². The van der Waals surface area contributed by atoms with Gasteiger partial charge in [-0.15, -0.1) is 10.2 Å². The van der Waals surface area contributed by atoms with Gasteiger partial charge in [0.15, 0.2) is 11.0 Å². The molecule has 3 rings (SSSR count). The molecule has 0 fully saturated rings. The first kappa shape index (κ1) is 22.6. The van der Waals surface area contributed by atoms with Gasteiger partial charge in [-0.2, -0.15) is 0 Å². The van der Waals surface area contributed by atoms with E-state index in [9.17, 15) is 9.59 Å². The van der Waals surface area contributed by atoms with Crippen LogP contribution in [0.4, 0.5) is 5.69 Å². The Morgan fingerprint density at radius 1 is 1.03 bits per heavy atom. The lowest BCUT2D eigenvalue weighted by Crippen LogP contribution is -2.23. The van der Waals surface area contributed by atoms with Gasteiger partial charge in [0.2, 0.25) is 5.91 Å². The van der Waals surface area contributed by atoms with E-state index in [1.54, 1.807) is 12.1 Å². The third-order valence-corrected chi connectivity index (χ3v) is 5.83. The molecule has 8 heteroatoms. The Hall–Kier alpha value is -3.13. The minimum absolute atomic E-state index is 0.160. The van der Waals surface area contributed by atoms with Crippen LogP contribution in [0.15, 0.2) is 47.6 Å². The number of rotatable bonds is 8. The summed E-state index contributed by atoms with van der Waals surface area (Å²) >= 11 is 1.34. The van der Waals surface area contributed by atoms with E-state index in [1.807, 2.05) is 62.6 Å². The van der Waals surface area contributed by atoms with E-state index >= 15 is 0 Å². The molecule has 3 aromatic rings. The summed E-state index contributed by atoms with van der Waals surface area (Å²) in [6, 6.07) is 13.3. The number of carbonyl (C=O) groups is 2. The van der Waals surface area contributed by atoms with Crippen LogP contribution in [0.3, 0.4) is 0 Å². The molecule has 0 saturated heterocycles. The fourth-order valence-corrected chi connectivity index (χ4v) is 3.98. The maximum atomic E-state index is 12.6. The number of hydrogen-bond acceptors (Lipinski definition) is 5. The highest BCUT2D eigenvalue weighted by atomic mass is 32.2. The van der Waals surface area contributed by atoms with Gasteiger partial charge >= 0.3 is 0 Å². The van der Waals surface area contributed by atoms with E-state index in [2.05, 4.69) is 20.8 Å². The van der Waals surface area contributed by atoms with Crippen LogP contribution in [-0.2, 0) is 11.3 Å². The Bertz CT molecular complexity index is 1090. The normalized spacial score (nSPS) is 10.7. The van der Waals surface area contributed by atoms with E-state index < -0.39 is 0 Å². The molecule has 31 heavy (non-hydrogen) atoms. The first-order chi connectivity index (χ1) is 14.9. The van der Waals surface area contributed by atoms with Crippen molar-refractivity contribution in [2.24, 2.45) is 0 Å². The Morgan fingerprint density at radius 2 is 1.81 bits per heavy atom. The lowest BCUT2D eigenvalue weighted by Gasteiger charge is -2.11. The highest BCUT2D eigenvalue weighted by Gasteiger charge is 2.16. The van der Waals surface area contributed by atoms with Gasteiger partial charge in [-0.05, 0) is 51.0 Å². The monoisotopic (exact) mass is 437 g/mol. The second-order valence-corrected chi connectivity index (χ2v) is 8.03. The van der Waals surface area contributed by atoms with Crippen LogP contribution in [0, 0.1) is 13.8 Å². The van der Waals surface area contributed by atoms with Crippen LogP contribution >= 0.6 is 11.8 Å². The highest BCUT2D eigenvalue weighted by Crippen LogP contribution is 2.26. The Morgan fingerprint density at radius 3 is 2.52 bits per heavy atom. The topological polar surface area (TPSA) is 88.9 Å². The summed E-state index contributed by atoms with van der Waals surface area (Å²) in [7, 11) is 0. The summed E-state index contributed by atoms with van der Waals surface area (Å²) in [6.45, 7) is 9.09. The predicted octanol–water partition coefficient (Wildman–Crippen LogP) is 4.06. The first-order valence-electron chi connectivity index (χ1n) is 10.2. The van der Waals surface area contributed by atoms with Gasteiger partial charge in [-0.3, -0.25) is 9.59 Å². The molecule has 0 spiro atoms. The number of thioether (sulfide) groups is 1. The fraction of sp³-hybridized carbons (Fsp3) is 0.304. The summed E-state index contributed by atoms with van der Waals surface area (Å²) in [5, 5.41) is 15.0. The molecule has 7 nitrogen and oxygen atoms in total. The van der Waals surface area contributed by atoms with Gasteiger partial charge in [0.25, 0.3) is 5.91 Å². The maximum Gasteiger partial charge on any atom is 0.251 e. The van der Waals surface area contributed by atoms with Gasteiger partial charge in [0.1, 0.15) is 0 Å². The summed E-state index contributed by atoms with van der Waals surface area (Å²) < 4.78 is 2.02. The van der Waals surface area contributed by atoms with E-state index in [4.69, 9.17) is 0 Å². The van der Waals surface area contributed by atoms with Crippen LogP contribution in [0.1, 0.15) is 35.3 Å². The lowest BCUT2D eigenvalue weighted by atomic mass is 10.1. The zero-order chi connectivity index (χ0) is 22.4. The van der Waals surface area contributed by atoms with E-state index in [0.29, 0.717) is 29.5 Å². The number of anilines is 1. The second-order valence-electron chi connectivity index (χ2n) is 7.09. The van der Waals surface area contributed by atoms with Gasteiger partial charge < -0.3 is 15.2 Å². The van der Waals surface area contributed by atoms with Crippen molar-refractivity contribution < 1.29 is 9.59 Å². The van der Waals surface area contributed by atoms with Gasteiger partial charge in [0, 0.05) is 29.9 Å². The molecule has 0 atom stereocenters. The highest BCUT2D eigenvalue weighted by molar-refractivity contribution is 7.99. The SMILES string of the molecule is CCNC(=O)c1ccc(C)c(NC(=O)CSc2nnc(-c3ccccc3C)n2CC)c1. The van der Waals surface area contributed by atoms with Gasteiger partial charge in [-0.1, -0.05) is 42.1 Å². The number of amides is 2. The third-order valence-electron chi connectivity index (χ3n) is 4.86. The summed E-state index contributed by atoms with van der Waals surface area (Å²) in [5.74, 6) is 0.668. The zero-order valence-electron chi connectivity index (χ0n) is 18.2. The average Bonchev–Trinajstić information content (AvgIpc) is 3.17. The minimum atomic E-state index is -0.163. The van der Waals surface area contributed by atoms with Crippen LogP contribution in [0.5, 0.6) is 0 Å². The smallest absolute Gasteiger partial charge is 0.251 e. The lowest BCUT2D eigenvalue weighted by molar-refractivity contribution is -0.113. The average molecular weight is 438 g/mol. The molecule has 2 amide bonds. The van der Waals surface area contributed by atoms with Gasteiger partial charge in [-0.25, -0.2) is 0 Å². The van der Waals surface area contributed by atoms with Crippen molar-refractivity contribution in [3.8, 4) is 11.4 Å². The standard InChI is InChI=1S/C23H27N5O2S/c1-5-24-22(30)17-12-11-16(4)19(13-17)25-20(29)14-31-23-27-26-21(28(23)6-2)18-10-8-7-9-15(18)3/h7-13H,5-6,14H2,1-4H3,(H,24,30)(H,25,29). The van der Waals surface area contributed by atoms with Gasteiger partial charge in [0.05, 0.1) is 5.75 Å². The molecule has 0 bridgehead atoms. The predicted molar refractivity (Wildman–Crippen MR) is 124 cm³/mol. The summed E-state index contributed by atoms with van der Waals surface area (Å²) in [6.07, 6.45) is 0. The van der Waals surface area contributed by atoms with Crippen molar-refractivity contribution in [1.82, 2.24) is 20.1 Å². The number of nitrogens with one attached hydrogen (secondary N) is 2. The minimum Gasteiger partial charge on any atom is -0.352 e. The van der Waals surface area contributed by atoms with Crippen LogP contribution in [0.2, 0.25) is 0 Å². The molecule has 1 heterocycles. The number of aryl methyl sites for hydroxylation is 2. The Labute approximate surface area is 186 Å². The Balaban J connectivity index is 1.70. The molecular weight excluding hydrogens is 410 g/mol. The molecule has 1 aromatic heterocycles. The zero-order valence-corrected chi connectivity index (χ0v) is 19.0. The maximum absolute atomic E-state index is 12.6. The largest absolute Gasteiger partial charge is 0.352 e. The molecule has 0 aliphatic heterocycles. The molecule has 0 radical (unpaired) electrons. The van der Waals surface area contributed by atoms with Crippen LogP contribution in [0.25, 0.3) is 11.4 Å². The first-order valence-corrected chi connectivity index (χ1v) is 11.2. The summed E-state index contributed by atoms with van der Waals surface area (Å²) in [4.78, 5) is 24.7. The summed E-state index contributed by atoms with van der Waals surface area (Å²) in [5.41, 5.74) is 4.20. The second kappa shape index (κ2) is 10.3. The molecule has 0 aliphatic rings. The van der Waals surface area contributed by atoms with Crippen molar-refractivity contribution >= 4 is 29.3 Å². The number of nitrogens with zero attached hydrogens (tertiary/aromatic N) is 3. The quantitative estimate of drug-likeness (QED) is 0.519. The number of aromatic nitrogens is 3. The molecule has 0 aliphatic carbocycles.